The quantitative estimate of drug-likeness (QED) is 0.665. The van der Waals surface area contributed by atoms with Crippen molar-refractivity contribution in [2.75, 3.05) is 6.54 Å². The van der Waals surface area contributed by atoms with Gasteiger partial charge in [-0.1, -0.05) is 6.07 Å². The van der Waals surface area contributed by atoms with Crippen LogP contribution in [0, 0.1) is 5.82 Å². The molecule has 1 atom stereocenters. The molecule has 1 amide bonds. The van der Waals surface area contributed by atoms with Gasteiger partial charge in [-0.15, -0.1) is 11.3 Å². The molecule has 4 rings (SSSR count). The summed E-state index contributed by atoms with van der Waals surface area (Å²) < 4.78 is 20.2. The fraction of sp³-hybridized carbons (Fsp3) is 0.190. The van der Waals surface area contributed by atoms with E-state index in [4.69, 9.17) is 4.74 Å². The number of pyridine rings is 1. The van der Waals surface area contributed by atoms with Crippen LogP contribution in [-0.2, 0) is 6.42 Å². The maximum atomic E-state index is 14.5. The lowest BCUT2D eigenvalue weighted by molar-refractivity contribution is 0.0936. The summed E-state index contributed by atoms with van der Waals surface area (Å²) >= 11 is 1.15. The van der Waals surface area contributed by atoms with Gasteiger partial charge in [0.1, 0.15) is 6.10 Å². The molecule has 0 radical (unpaired) electrons. The van der Waals surface area contributed by atoms with E-state index < -0.39 is 5.82 Å². The van der Waals surface area contributed by atoms with Crippen molar-refractivity contribution >= 4 is 23.0 Å². The van der Waals surface area contributed by atoms with Gasteiger partial charge in [0.25, 0.3) is 5.91 Å². The van der Waals surface area contributed by atoms with E-state index in [9.17, 15) is 14.0 Å². The maximum Gasteiger partial charge on any atom is 0.261 e. The third kappa shape index (κ3) is 3.66. The highest BCUT2D eigenvalue weighted by Crippen LogP contribution is 2.35. The van der Waals surface area contributed by atoms with E-state index in [2.05, 4.69) is 10.3 Å². The van der Waals surface area contributed by atoms with Crippen LogP contribution in [0.2, 0.25) is 0 Å². The number of Topliss-reactive ketones (excluding diaryl/α,β-unsaturated/α-hetero) is 1. The number of carbonyl (C=O) groups is 2. The van der Waals surface area contributed by atoms with Crippen molar-refractivity contribution in [3.8, 4) is 16.9 Å². The molecular formula is C21H17FN2O3S. The fourth-order valence-corrected chi connectivity index (χ4v) is 3.96. The molecule has 1 aliphatic rings. The summed E-state index contributed by atoms with van der Waals surface area (Å²) in [6.07, 6.45) is 3.52. The van der Waals surface area contributed by atoms with E-state index >= 15 is 0 Å². The van der Waals surface area contributed by atoms with Gasteiger partial charge < -0.3 is 10.1 Å². The Morgan fingerprint density at radius 3 is 2.79 bits per heavy atom. The van der Waals surface area contributed by atoms with Crippen LogP contribution in [0.4, 0.5) is 4.39 Å². The number of amides is 1. The number of thiophene rings is 1. The second-order valence-corrected chi connectivity index (χ2v) is 7.65. The Balaban J connectivity index is 1.43. The summed E-state index contributed by atoms with van der Waals surface area (Å²) in [5.74, 6) is -0.525. The average molecular weight is 396 g/mol. The molecule has 3 aromatic rings. The molecule has 0 bridgehead atoms. The van der Waals surface area contributed by atoms with Crippen molar-refractivity contribution in [2.45, 2.75) is 19.4 Å². The Labute approximate surface area is 165 Å². The highest BCUT2D eigenvalue weighted by Gasteiger charge is 2.27. The van der Waals surface area contributed by atoms with E-state index in [-0.39, 0.29) is 30.1 Å². The number of nitrogens with one attached hydrogen (secondary N) is 1. The lowest BCUT2D eigenvalue weighted by Gasteiger charge is -2.11. The second-order valence-electron chi connectivity index (χ2n) is 6.56. The molecule has 142 valence electrons. The average Bonchev–Trinajstić information content (AvgIpc) is 3.34. The minimum atomic E-state index is -0.422. The Morgan fingerprint density at radius 1 is 1.25 bits per heavy atom. The van der Waals surface area contributed by atoms with Crippen LogP contribution < -0.4 is 10.1 Å². The van der Waals surface area contributed by atoms with Gasteiger partial charge in [0.2, 0.25) is 0 Å². The van der Waals surface area contributed by atoms with Crippen LogP contribution >= 0.6 is 11.3 Å². The topological polar surface area (TPSA) is 68.3 Å². The van der Waals surface area contributed by atoms with Crippen LogP contribution in [0.15, 0.2) is 48.8 Å². The first kappa shape index (κ1) is 18.3. The van der Waals surface area contributed by atoms with Gasteiger partial charge in [-0.3, -0.25) is 14.6 Å². The third-order valence-corrected chi connectivity index (χ3v) is 5.70. The Morgan fingerprint density at radius 2 is 2.07 bits per heavy atom. The van der Waals surface area contributed by atoms with Gasteiger partial charge in [0, 0.05) is 29.9 Å². The molecule has 0 fully saturated rings. The number of aromatic nitrogens is 1. The molecule has 7 heteroatoms. The lowest BCUT2D eigenvalue weighted by atomic mass is 10.0. The molecule has 2 aromatic heterocycles. The number of hydrogen-bond donors (Lipinski definition) is 1. The van der Waals surface area contributed by atoms with E-state index in [1.54, 1.807) is 30.6 Å². The number of benzene rings is 1. The maximum absolute atomic E-state index is 14.5. The summed E-state index contributed by atoms with van der Waals surface area (Å²) in [6, 6.07) is 10.3. The number of hydrogen-bond acceptors (Lipinski definition) is 5. The first-order chi connectivity index (χ1) is 13.5. The molecule has 1 unspecified atom stereocenters. The van der Waals surface area contributed by atoms with Crippen LogP contribution in [0.5, 0.6) is 5.75 Å². The minimum Gasteiger partial charge on any atom is -0.485 e. The molecule has 1 N–H and O–H groups in total. The fourth-order valence-electron chi connectivity index (χ4n) is 3.14. The Hall–Kier alpha value is -3.06. The number of ketones is 1. The Kier molecular flexibility index (Phi) is 4.92. The van der Waals surface area contributed by atoms with Crippen molar-refractivity contribution in [3.05, 3.63) is 69.9 Å². The lowest BCUT2D eigenvalue weighted by Crippen LogP contribution is -2.34. The standard InChI is InChI=1S/C21H17FN2O3S/c1-12(25)18-4-5-19(28-18)21(26)24-11-16-8-15-7-14(9-17(22)20(15)27-16)13-3-2-6-23-10-13/h2-7,9-10,16H,8,11H2,1H3,(H,24,26). The zero-order chi connectivity index (χ0) is 19.7. The summed E-state index contributed by atoms with van der Waals surface area (Å²) in [6.45, 7) is 1.72. The van der Waals surface area contributed by atoms with Gasteiger partial charge in [0.15, 0.2) is 17.3 Å². The van der Waals surface area contributed by atoms with Crippen molar-refractivity contribution in [1.82, 2.24) is 10.3 Å². The predicted octanol–water partition coefficient (Wildman–Crippen LogP) is 3.89. The van der Waals surface area contributed by atoms with E-state index in [0.717, 1.165) is 28.0 Å². The van der Waals surface area contributed by atoms with Crippen LogP contribution in [0.3, 0.4) is 0 Å². The third-order valence-electron chi connectivity index (χ3n) is 4.51. The predicted molar refractivity (Wildman–Crippen MR) is 104 cm³/mol. The minimum absolute atomic E-state index is 0.0708. The molecule has 1 aromatic carbocycles. The monoisotopic (exact) mass is 396 g/mol. The summed E-state index contributed by atoms with van der Waals surface area (Å²) in [5.41, 5.74) is 2.35. The number of nitrogens with zero attached hydrogens (tertiary/aromatic N) is 1. The van der Waals surface area contributed by atoms with Crippen LogP contribution in [0.1, 0.15) is 31.8 Å². The van der Waals surface area contributed by atoms with E-state index in [0.29, 0.717) is 16.2 Å². The molecule has 1 aliphatic heterocycles. The number of fused-ring (bicyclic) bond motifs is 1. The number of ether oxygens (including phenoxy) is 1. The zero-order valence-corrected chi connectivity index (χ0v) is 15.9. The highest BCUT2D eigenvalue weighted by molar-refractivity contribution is 7.15. The highest BCUT2D eigenvalue weighted by atomic mass is 32.1. The van der Waals surface area contributed by atoms with Crippen molar-refractivity contribution in [3.63, 3.8) is 0 Å². The normalized spacial score (nSPS) is 15.0. The van der Waals surface area contributed by atoms with Crippen LogP contribution in [-0.4, -0.2) is 29.3 Å². The van der Waals surface area contributed by atoms with E-state index in [1.807, 2.05) is 12.1 Å². The summed E-state index contributed by atoms with van der Waals surface area (Å²) in [7, 11) is 0. The summed E-state index contributed by atoms with van der Waals surface area (Å²) in [4.78, 5) is 28.7. The molecule has 0 saturated carbocycles. The number of halogens is 1. The molecule has 5 nitrogen and oxygen atoms in total. The van der Waals surface area contributed by atoms with Gasteiger partial charge in [-0.05, 0) is 42.8 Å². The van der Waals surface area contributed by atoms with Crippen molar-refractivity contribution < 1.29 is 18.7 Å². The first-order valence-corrected chi connectivity index (χ1v) is 9.61. The molecule has 0 saturated heterocycles. The van der Waals surface area contributed by atoms with Gasteiger partial charge >= 0.3 is 0 Å². The largest absolute Gasteiger partial charge is 0.485 e. The van der Waals surface area contributed by atoms with Crippen molar-refractivity contribution in [1.29, 1.82) is 0 Å². The zero-order valence-electron chi connectivity index (χ0n) is 15.1. The summed E-state index contributed by atoms with van der Waals surface area (Å²) in [5, 5.41) is 2.80. The second kappa shape index (κ2) is 7.52. The molecule has 0 spiro atoms. The molecule has 0 aliphatic carbocycles. The van der Waals surface area contributed by atoms with Gasteiger partial charge in [0.05, 0.1) is 16.3 Å². The molecule has 3 heterocycles. The SMILES string of the molecule is CC(=O)c1ccc(C(=O)NCC2Cc3cc(-c4cccnc4)cc(F)c3O2)s1. The van der Waals surface area contributed by atoms with Crippen molar-refractivity contribution in [2.24, 2.45) is 0 Å². The molecule has 28 heavy (non-hydrogen) atoms. The number of carbonyl (C=O) groups excluding carboxylic acids is 2. The smallest absolute Gasteiger partial charge is 0.261 e. The van der Waals surface area contributed by atoms with Gasteiger partial charge in [-0.2, -0.15) is 0 Å². The molecular weight excluding hydrogens is 379 g/mol. The first-order valence-electron chi connectivity index (χ1n) is 8.79. The van der Waals surface area contributed by atoms with Crippen LogP contribution in [0.25, 0.3) is 11.1 Å². The number of rotatable bonds is 5. The Bertz CT molecular complexity index is 1050. The van der Waals surface area contributed by atoms with Gasteiger partial charge in [-0.25, -0.2) is 4.39 Å². The van der Waals surface area contributed by atoms with E-state index in [1.165, 1.54) is 13.0 Å².